The lowest BCUT2D eigenvalue weighted by Crippen LogP contribution is -2.49. The Morgan fingerprint density at radius 2 is 1.55 bits per heavy atom. The first kappa shape index (κ1) is 28.9. The molecule has 1 saturated heterocycles. The molecule has 5 aliphatic rings. The number of hydrogen-bond donors (Lipinski definition) is 1. The van der Waals surface area contributed by atoms with E-state index < -0.39 is 0 Å². The number of aliphatic hydroxyl groups excluding tert-OH is 1. The molecule has 1 spiro atoms. The van der Waals surface area contributed by atoms with Gasteiger partial charge < -0.3 is 9.84 Å². The van der Waals surface area contributed by atoms with Gasteiger partial charge in [0.15, 0.2) is 0 Å². The summed E-state index contributed by atoms with van der Waals surface area (Å²) in [6, 6.07) is 18.2. The number of allylic oxidation sites excluding steroid dienone is 2. The lowest BCUT2D eigenvalue weighted by molar-refractivity contribution is -0.144. The van der Waals surface area contributed by atoms with Gasteiger partial charge in [-0.3, -0.25) is 0 Å². The Kier molecular flexibility index (Phi) is 7.56. The van der Waals surface area contributed by atoms with Crippen LogP contribution in [0.3, 0.4) is 0 Å². The Morgan fingerprint density at radius 3 is 2.21 bits per heavy atom. The zero-order chi connectivity index (χ0) is 29.1. The second-order valence-corrected chi connectivity index (χ2v) is 16.3. The first-order chi connectivity index (χ1) is 20.2. The second-order valence-electron chi connectivity index (χ2n) is 15.4. The highest BCUT2D eigenvalue weighted by Gasteiger charge is 2.57. The van der Waals surface area contributed by atoms with Crippen molar-refractivity contribution in [1.29, 1.82) is 0 Å². The summed E-state index contributed by atoms with van der Waals surface area (Å²) >= 11 is 1.78. The first-order valence-electron chi connectivity index (χ1n) is 16.7. The van der Waals surface area contributed by atoms with Gasteiger partial charge in [-0.2, -0.15) is 0 Å². The van der Waals surface area contributed by atoms with E-state index in [2.05, 4.69) is 87.7 Å². The minimum Gasteiger partial charge on any atom is -0.393 e. The van der Waals surface area contributed by atoms with Gasteiger partial charge in [-0.25, -0.2) is 0 Å². The fourth-order valence-electron chi connectivity index (χ4n) is 9.78. The van der Waals surface area contributed by atoms with Crippen LogP contribution in [0.4, 0.5) is 0 Å². The van der Waals surface area contributed by atoms with Crippen LogP contribution < -0.4 is 0 Å². The molecule has 224 valence electrons. The van der Waals surface area contributed by atoms with Gasteiger partial charge in [0.25, 0.3) is 0 Å². The van der Waals surface area contributed by atoms with E-state index in [-0.39, 0.29) is 17.1 Å². The van der Waals surface area contributed by atoms with Crippen molar-refractivity contribution in [3.63, 3.8) is 0 Å². The molecule has 1 aliphatic heterocycles. The summed E-state index contributed by atoms with van der Waals surface area (Å²) in [6.07, 6.45) is 18.5. The standard InChI is InChI=1S/C39H50O2S/c1-37(2)21-22-39(41-25-37)20-19-31-29(23-39)13-16-32-34-17-18-35(40)38(34,3)24-33(36(31)32)28-11-7-26(8-12-28)5-6-27-9-14-30(42-4)15-10-27/h5-12,14-15,29,32-35,40H,13,16-25H2,1-4H3/b6-5+. The Bertz CT molecular complexity index is 1340. The molecule has 7 rings (SSSR count). The van der Waals surface area contributed by atoms with Crippen molar-refractivity contribution < 1.29 is 9.84 Å². The molecule has 2 aromatic rings. The number of benzene rings is 2. The maximum Gasteiger partial charge on any atom is 0.0691 e. The minimum atomic E-state index is -0.164. The Morgan fingerprint density at radius 1 is 0.833 bits per heavy atom. The third-order valence-electron chi connectivity index (χ3n) is 12.4. The average molecular weight is 583 g/mol. The van der Waals surface area contributed by atoms with Gasteiger partial charge in [0.05, 0.1) is 18.3 Å². The molecule has 42 heavy (non-hydrogen) atoms. The van der Waals surface area contributed by atoms with E-state index >= 15 is 0 Å². The maximum absolute atomic E-state index is 11.3. The third kappa shape index (κ3) is 5.16. The number of aliphatic hydroxyl groups is 1. The third-order valence-corrected chi connectivity index (χ3v) is 13.1. The smallest absolute Gasteiger partial charge is 0.0691 e. The van der Waals surface area contributed by atoms with Crippen molar-refractivity contribution >= 4 is 23.9 Å². The van der Waals surface area contributed by atoms with Gasteiger partial charge in [0.2, 0.25) is 0 Å². The number of rotatable bonds is 4. The Labute approximate surface area is 258 Å². The first-order valence-corrected chi connectivity index (χ1v) is 17.9. The summed E-state index contributed by atoms with van der Waals surface area (Å²) in [6.45, 7) is 8.07. The van der Waals surface area contributed by atoms with E-state index in [1.54, 1.807) is 22.9 Å². The number of hydrogen-bond acceptors (Lipinski definition) is 3. The van der Waals surface area contributed by atoms with Crippen LogP contribution in [-0.4, -0.2) is 29.7 Å². The van der Waals surface area contributed by atoms with Crippen LogP contribution in [0.15, 0.2) is 64.6 Å². The summed E-state index contributed by atoms with van der Waals surface area (Å²) in [7, 11) is 0. The highest BCUT2D eigenvalue weighted by molar-refractivity contribution is 7.98. The fourth-order valence-corrected chi connectivity index (χ4v) is 10.2. The molecule has 3 heteroatoms. The van der Waals surface area contributed by atoms with E-state index in [0.29, 0.717) is 29.1 Å². The largest absolute Gasteiger partial charge is 0.393 e. The Balaban J connectivity index is 1.18. The normalized spacial score (nSPS) is 37.5. The molecular weight excluding hydrogens is 532 g/mol. The molecule has 0 bridgehead atoms. The molecule has 4 aliphatic carbocycles. The summed E-state index contributed by atoms with van der Waals surface area (Å²) in [5.74, 6) is 2.39. The van der Waals surface area contributed by atoms with Crippen molar-refractivity contribution in [2.75, 3.05) is 12.9 Å². The Hall–Kier alpha value is -1.81. The van der Waals surface area contributed by atoms with E-state index in [1.165, 1.54) is 73.0 Å². The molecule has 4 fully saturated rings. The zero-order valence-corrected chi connectivity index (χ0v) is 27.0. The van der Waals surface area contributed by atoms with Crippen LogP contribution in [0.25, 0.3) is 12.2 Å². The molecule has 2 nitrogen and oxygen atoms in total. The molecular formula is C39H50O2S. The number of ether oxygens (including phenoxy) is 1. The second kappa shape index (κ2) is 11.0. The van der Waals surface area contributed by atoms with Crippen LogP contribution in [0, 0.1) is 28.6 Å². The van der Waals surface area contributed by atoms with Crippen molar-refractivity contribution in [2.24, 2.45) is 28.6 Å². The van der Waals surface area contributed by atoms with Crippen molar-refractivity contribution in [2.45, 2.75) is 107 Å². The fraction of sp³-hybridized carbons (Fsp3) is 0.590. The minimum absolute atomic E-state index is 0.0295. The molecule has 1 N–H and O–H groups in total. The van der Waals surface area contributed by atoms with Crippen LogP contribution >= 0.6 is 11.8 Å². The molecule has 7 unspecified atom stereocenters. The monoisotopic (exact) mass is 582 g/mol. The quantitative estimate of drug-likeness (QED) is 0.221. The highest BCUT2D eigenvalue weighted by Crippen LogP contribution is 2.65. The number of fused-ring (bicyclic) bond motifs is 4. The predicted octanol–water partition coefficient (Wildman–Crippen LogP) is 9.93. The van der Waals surface area contributed by atoms with Gasteiger partial charge in [-0.15, -0.1) is 11.8 Å². The van der Waals surface area contributed by atoms with Crippen LogP contribution in [0.5, 0.6) is 0 Å². The lowest BCUT2D eigenvalue weighted by atomic mass is 9.51. The summed E-state index contributed by atoms with van der Waals surface area (Å²) in [5, 5.41) is 11.3. The summed E-state index contributed by atoms with van der Waals surface area (Å²) in [4.78, 5) is 1.30. The van der Waals surface area contributed by atoms with Crippen LogP contribution in [0.1, 0.15) is 108 Å². The number of thioether (sulfide) groups is 1. The van der Waals surface area contributed by atoms with Crippen LogP contribution in [-0.2, 0) is 4.74 Å². The van der Waals surface area contributed by atoms with Gasteiger partial charge in [0, 0.05) is 10.8 Å². The molecule has 7 atom stereocenters. The van der Waals surface area contributed by atoms with E-state index in [4.69, 9.17) is 4.74 Å². The lowest BCUT2D eigenvalue weighted by Gasteiger charge is -2.55. The molecule has 3 saturated carbocycles. The predicted molar refractivity (Wildman–Crippen MR) is 177 cm³/mol. The SMILES string of the molecule is CSc1ccc(/C=C/c2ccc(C3CC4(C)C(O)CCC4C4CCC5CC6(CCC5=C34)CCC(C)(C)CO6)cc2)cc1. The average Bonchev–Trinajstić information content (AvgIpc) is 3.31. The van der Waals surface area contributed by atoms with E-state index in [0.717, 1.165) is 19.4 Å². The summed E-state index contributed by atoms with van der Waals surface area (Å²) < 4.78 is 6.73. The van der Waals surface area contributed by atoms with Gasteiger partial charge in [0.1, 0.15) is 0 Å². The van der Waals surface area contributed by atoms with Gasteiger partial charge >= 0.3 is 0 Å². The van der Waals surface area contributed by atoms with Crippen LogP contribution in [0.2, 0.25) is 0 Å². The van der Waals surface area contributed by atoms with Crippen molar-refractivity contribution in [3.05, 3.63) is 76.4 Å². The molecule has 0 radical (unpaired) electrons. The molecule has 1 heterocycles. The zero-order valence-electron chi connectivity index (χ0n) is 26.2. The van der Waals surface area contributed by atoms with Gasteiger partial charge in [-0.1, -0.05) is 80.5 Å². The highest BCUT2D eigenvalue weighted by atomic mass is 32.2. The van der Waals surface area contributed by atoms with Gasteiger partial charge in [-0.05, 0) is 128 Å². The van der Waals surface area contributed by atoms with E-state index in [1.807, 2.05) is 0 Å². The molecule has 0 amide bonds. The summed E-state index contributed by atoms with van der Waals surface area (Å²) in [5.41, 5.74) is 8.01. The van der Waals surface area contributed by atoms with Crippen molar-refractivity contribution in [1.82, 2.24) is 0 Å². The molecule has 0 aromatic heterocycles. The van der Waals surface area contributed by atoms with E-state index in [9.17, 15) is 5.11 Å². The molecule has 2 aromatic carbocycles. The van der Waals surface area contributed by atoms with Crippen molar-refractivity contribution in [3.8, 4) is 0 Å². The topological polar surface area (TPSA) is 29.5 Å². The maximum atomic E-state index is 11.3.